The number of nitrogens with zero attached hydrogens (tertiary/aromatic N) is 4. The molecule has 1 fully saturated rings. The van der Waals surface area contributed by atoms with E-state index in [1.807, 2.05) is 31.2 Å². The van der Waals surface area contributed by atoms with E-state index in [4.69, 9.17) is 0 Å². The number of likely N-dealkylation sites (tertiary alicyclic amines) is 1. The van der Waals surface area contributed by atoms with Crippen molar-refractivity contribution in [3.63, 3.8) is 0 Å². The molecule has 0 aliphatic carbocycles. The van der Waals surface area contributed by atoms with Crippen LogP contribution in [-0.2, 0) is 4.79 Å². The van der Waals surface area contributed by atoms with E-state index < -0.39 is 0 Å². The zero-order chi connectivity index (χ0) is 18.3. The third-order valence-electron chi connectivity index (χ3n) is 5.30. The molecule has 0 spiro atoms. The van der Waals surface area contributed by atoms with E-state index in [9.17, 15) is 14.7 Å². The predicted molar refractivity (Wildman–Crippen MR) is 94.7 cm³/mol. The maximum absolute atomic E-state index is 13.0. The molecular weight excluding hydrogens is 332 g/mol. The van der Waals surface area contributed by atoms with Gasteiger partial charge >= 0.3 is 0 Å². The fourth-order valence-electron chi connectivity index (χ4n) is 4.16. The number of carbonyl (C=O) groups excluding carboxylic acids is 2. The van der Waals surface area contributed by atoms with Crippen molar-refractivity contribution < 1.29 is 14.7 Å². The highest BCUT2D eigenvalue weighted by molar-refractivity contribution is 6.05. The highest BCUT2D eigenvalue weighted by Gasteiger charge is 2.54. The summed E-state index contributed by atoms with van der Waals surface area (Å²) in [7, 11) is 0. The maximum Gasteiger partial charge on any atom is 0.278 e. The number of fused-ring (bicyclic) bond motifs is 3. The van der Waals surface area contributed by atoms with Gasteiger partial charge in [-0.3, -0.25) is 14.6 Å². The van der Waals surface area contributed by atoms with Crippen molar-refractivity contribution in [2.75, 3.05) is 18.1 Å². The van der Waals surface area contributed by atoms with E-state index in [-0.39, 0.29) is 42.1 Å². The smallest absolute Gasteiger partial charge is 0.278 e. The summed E-state index contributed by atoms with van der Waals surface area (Å²) in [5, 5.41) is 9.83. The number of hydrogen-bond acceptors (Lipinski definition) is 5. The van der Waals surface area contributed by atoms with Gasteiger partial charge in [0.1, 0.15) is 5.69 Å². The first-order valence-electron chi connectivity index (χ1n) is 8.76. The summed E-state index contributed by atoms with van der Waals surface area (Å²) in [6, 6.07) is 7.32. The van der Waals surface area contributed by atoms with Crippen LogP contribution in [0.25, 0.3) is 0 Å². The van der Waals surface area contributed by atoms with Crippen LogP contribution in [0.5, 0.6) is 0 Å². The van der Waals surface area contributed by atoms with E-state index in [0.29, 0.717) is 13.0 Å². The maximum atomic E-state index is 13.0. The molecule has 26 heavy (non-hydrogen) atoms. The molecule has 0 unspecified atom stereocenters. The fraction of sp³-hybridized carbons (Fsp3) is 0.368. The molecule has 1 aromatic heterocycles. The first kappa shape index (κ1) is 16.7. The van der Waals surface area contributed by atoms with Gasteiger partial charge in [0, 0.05) is 37.0 Å². The highest BCUT2D eigenvalue weighted by Crippen LogP contribution is 2.48. The lowest BCUT2D eigenvalue weighted by atomic mass is 9.71. The van der Waals surface area contributed by atoms with Gasteiger partial charge in [-0.15, -0.1) is 0 Å². The molecule has 1 aromatic carbocycles. The average molecular weight is 352 g/mol. The first-order valence-corrected chi connectivity index (χ1v) is 8.76. The van der Waals surface area contributed by atoms with Crippen LogP contribution in [0.4, 0.5) is 5.69 Å². The molecule has 0 radical (unpaired) electrons. The Bertz CT molecular complexity index is 842. The van der Waals surface area contributed by atoms with Crippen LogP contribution in [0.3, 0.4) is 0 Å². The van der Waals surface area contributed by atoms with Gasteiger partial charge in [-0.1, -0.05) is 25.1 Å². The minimum Gasteiger partial charge on any atom is -0.394 e. The molecule has 1 N–H and O–H groups in total. The number of benzene rings is 1. The van der Waals surface area contributed by atoms with Crippen molar-refractivity contribution in [2.24, 2.45) is 0 Å². The van der Waals surface area contributed by atoms with Crippen molar-refractivity contribution >= 4 is 17.5 Å². The molecule has 2 aromatic rings. The summed E-state index contributed by atoms with van der Waals surface area (Å²) in [5.74, 6) is -0.200. The summed E-state index contributed by atoms with van der Waals surface area (Å²) >= 11 is 0. The van der Waals surface area contributed by atoms with E-state index in [1.54, 1.807) is 9.80 Å². The normalized spacial score (nSPS) is 23.7. The second-order valence-corrected chi connectivity index (χ2v) is 6.56. The van der Waals surface area contributed by atoms with E-state index in [2.05, 4.69) is 9.97 Å². The first-order chi connectivity index (χ1) is 12.7. The lowest BCUT2D eigenvalue weighted by molar-refractivity contribution is -0.149. The zero-order valence-electron chi connectivity index (χ0n) is 14.4. The van der Waals surface area contributed by atoms with Gasteiger partial charge in [0.2, 0.25) is 5.91 Å². The Hall–Kier alpha value is -2.80. The molecule has 7 nitrogen and oxygen atoms in total. The number of amides is 2. The van der Waals surface area contributed by atoms with Crippen molar-refractivity contribution in [1.29, 1.82) is 0 Å². The van der Waals surface area contributed by atoms with E-state index in [0.717, 1.165) is 11.3 Å². The van der Waals surface area contributed by atoms with Gasteiger partial charge in [-0.25, -0.2) is 4.98 Å². The van der Waals surface area contributed by atoms with Gasteiger partial charge in [0.25, 0.3) is 5.91 Å². The fourth-order valence-corrected chi connectivity index (χ4v) is 4.16. The molecule has 2 aliphatic heterocycles. The second-order valence-electron chi connectivity index (χ2n) is 6.56. The minimum absolute atomic E-state index is 0.00316. The molecule has 134 valence electrons. The van der Waals surface area contributed by atoms with Gasteiger partial charge in [0.15, 0.2) is 0 Å². The molecule has 2 aliphatic rings. The lowest BCUT2D eigenvalue weighted by Gasteiger charge is -2.58. The molecule has 0 bridgehead atoms. The molecule has 0 saturated carbocycles. The van der Waals surface area contributed by atoms with Crippen LogP contribution in [0.15, 0.2) is 42.9 Å². The quantitative estimate of drug-likeness (QED) is 0.897. The largest absolute Gasteiger partial charge is 0.394 e. The summed E-state index contributed by atoms with van der Waals surface area (Å²) < 4.78 is 0. The minimum atomic E-state index is -0.236. The van der Waals surface area contributed by atoms with Crippen molar-refractivity contribution in [3.8, 4) is 0 Å². The van der Waals surface area contributed by atoms with Gasteiger partial charge < -0.3 is 14.9 Å². The Balaban J connectivity index is 1.75. The van der Waals surface area contributed by atoms with E-state index in [1.165, 1.54) is 18.6 Å². The number of aromatic nitrogens is 2. The van der Waals surface area contributed by atoms with Crippen molar-refractivity contribution in [3.05, 3.63) is 54.1 Å². The molecular formula is C19H20N4O3. The predicted octanol–water partition coefficient (Wildman–Crippen LogP) is 1.20. The Kier molecular flexibility index (Phi) is 4.16. The number of rotatable bonds is 3. The number of carbonyl (C=O) groups is 2. The van der Waals surface area contributed by atoms with Crippen LogP contribution in [-0.4, -0.2) is 57.0 Å². The van der Waals surface area contributed by atoms with Crippen LogP contribution in [0, 0.1) is 0 Å². The standard InChI is InChI=1S/C19H20N4O3/c1-2-17(25)23-15-10-22(19(26)13-9-20-7-8-21-13)14-6-4-3-5-12(14)18(15)16(23)11-24/h3-9,15-16,18,24H,2,10-11H2,1H3/t15-,16+,18+/m0/s1. The Morgan fingerprint density at radius 2 is 2.08 bits per heavy atom. The molecule has 2 amide bonds. The van der Waals surface area contributed by atoms with Gasteiger partial charge in [-0.05, 0) is 11.6 Å². The monoisotopic (exact) mass is 352 g/mol. The van der Waals surface area contributed by atoms with Crippen LogP contribution in [0.2, 0.25) is 0 Å². The summed E-state index contributed by atoms with van der Waals surface area (Å²) in [4.78, 5) is 36.9. The third-order valence-corrected chi connectivity index (χ3v) is 5.30. The van der Waals surface area contributed by atoms with Gasteiger partial charge in [0.05, 0.1) is 24.9 Å². The number of aliphatic hydroxyl groups excluding tert-OH is 1. The Labute approximate surface area is 151 Å². The topological polar surface area (TPSA) is 86.6 Å². The number of anilines is 1. The van der Waals surface area contributed by atoms with Crippen LogP contribution < -0.4 is 4.90 Å². The van der Waals surface area contributed by atoms with Crippen LogP contribution in [0.1, 0.15) is 35.3 Å². The summed E-state index contributed by atoms with van der Waals surface area (Å²) in [6.07, 6.45) is 4.84. The zero-order valence-corrected chi connectivity index (χ0v) is 14.4. The Morgan fingerprint density at radius 1 is 1.27 bits per heavy atom. The van der Waals surface area contributed by atoms with Gasteiger partial charge in [-0.2, -0.15) is 0 Å². The molecule has 7 heteroatoms. The average Bonchev–Trinajstić information content (AvgIpc) is 2.68. The molecule has 1 saturated heterocycles. The summed E-state index contributed by atoms with van der Waals surface area (Å²) in [6.45, 7) is 2.11. The molecule has 3 heterocycles. The van der Waals surface area contributed by atoms with Crippen LogP contribution >= 0.6 is 0 Å². The highest BCUT2D eigenvalue weighted by atomic mass is 16.3. The second kappa shape index (κ2) is 6.49. The molecule has 4 rings (SSSR count). The van der Waals surface area contributed by atoms with Crippen molar-refractivity contribution in [2.45, 2.75) is 31.3 Å². The SMILES string of the molecule is CCC(=O)N1[C@H](CO)[C@@H]2c3ccccc3N(C(=O)c3cnccn3)C[C@@H]21. The number of hydrogen-bond donors (Lipinski definition) is 1. The molecule has 3 atom stereocenters. The van der Waals surface area contributed by atoms with E-state index >= 15 is 0 Å². The van der Waals surface area contributed by atoms with Crippen molar-refractivity contribution in [1.82, 2.24) is 14.9 Å². The lowest BCUT2D eigenvalue weighted by Crippen LogP contribution is -2.70. The number of para-hydroxylation sites is 1. The number of aliphatic hydroxyl groups is 1. The summed E-state index contributed by atoms with van der Waals surface area (Å²) in [5.41, 5.74) is 2.07. The Morgan fingerprint density at radius 3 is 2.77 bits per heavy atom. The third kappa shape index (κ3) is 2.39.